The fourth-order valence-electron chi connectivity index (χ4n) is 6.27. The number of hydrogen-bond donors (Lipinski definition) is 3. The van der Waals surface area contributed by atoms with Crippen LogP contribution in [0.25, 0.3) is 0 Å². The summed E-state index contributed by atoms with van der Waals surface area (Å²) in [6.07, 6.45) is 0.247. The molecule has 39 heavy (non-hydrogen) atoms. The number of aliphatic hydroxyl groups is 2. The van der Waals surface area contributed by atoms with Gasteiger partial charge in [-0.1, -0.05) is 43.3 Å². The van der Waals surface area contributed by atoms with Gasteiger partial charge in [0, 0.05) is 17.8 Å². The van der Waals surface area contributed by atoms with E-state index >= 15 is 4.11 Å². The second kappa shape index (κ2) is 12.3. The molecule has 1 saturated heterocycles. The summed E-state index contributed by atoms with van der Waals surface area (Å²) < 4.78 is 22.1. The SMILES string of the molecule is C[C@H]1[C@H]([Si](C)(C)F)[C@@H](CC(=O)N2Cc3ccccc3C[C@H]2CO)O[C@H]1CCc1cccc(NC(=O)[C@H](C)O)c1. The van der Waals surface area contributed by atoms with E-state index in [0.717, 1.165) is 16.7 Å². The minimum Gasteiger partial charge on any atom is -0.394 e. The third-order valence-electron chi connectivity index (χ3n) is 8.25. The summed E-state index contributed by atoms with van der Waals surface area (Å²) in [7, 11) is -3.15. The van der Waals surface area contributed by atoms with E-state index in [9.17, 15) is 19.8 Å². The van der Waals surface area contributed by atoms with Crippen molar-refractivity contribution in [1.82, 2.24) is 4.90 Å². The first-order valence-corrected chi connectivity index (χ1v) is 16.8. The van der Waals surface area contributed by atoms with Crippen molar-refractivity contribution in [1.29, 1.82) is 0 Å². The number of rotatable bonds is 9. The van der Waals surface area contributed by atoms with Gasteiger partial charge in [-0.15, -0.1) is 0 Å². The predicted molar refractivity (Wildman–Crippen MR) is 151 cm³/mol. The lowest BCUT2D eigenvalue weighted by Gasteiger charge is -2.37. The zero-order valence-corrected chi connectivity index (χ0v) is 24.3. The first-order chi connectivity index (χ1) is 18.5. The topological polar surface area (TPSA) is 99.1 Å². The van der Waals surface area contributed by atoms with Crippen molar-refractivity contribution in [2.75, 3.05) is 11.9 Å². The van der Waals surface area contributed by atoms with E-state index in [1.807, 2.05) is 49.4 Å². The molecule has 2 heterocycles. The molecular weight excluding hydrogens is 515 g/mol. The molecule has 2 aromatic rings. The van der Waals surface area contributed by atoms with Gasteiger partial charge < -0.3 is 29.3 Å². The lowest BCUT2D eigenvalue weighted by molar-refractivity contribution is -0.138. The van der Waals surface area contributed by atoms with Crippen LogP contribution in [0.4, 0.5) is 9.80 Å². The molecule has 2 aliphatic rings. The van der Waals surface area contributed by atoms with Crippen molar-refractivity contribution in [3.05, 3.63) is 65.2 Å². The molecule has 0 aromatic heterocycles. The van der Waals surface area contributed by atoms with E-state index in [2.05, 4.69) is 5.32 Å². The molecule has 2 aromatic carbocycles. The summed E-state index contributed by atoms with van der Waals surface area (Å²) in [4.78, 5) is 27.1. The Bertz CT molecular complexity index is 1170. The largest absolute Gasteiger partial charge is 0.394 e. The minimum atomic E-state index is -3.15. The van der Waals surface area contributed by atoms with Gasteiger partial charge in [-0.05, 0) is 74.0 Å². The van der Waals surface area contributed by atoms with Crippen molar-refractivity contribution in [2.24, 2.45) is 5.92 Å². The molecule has 0 bridgehead atoms. The van der Waals surface area contributed by atoms with Gasteiger partial charge >= 0.3 is 0 Å². The third-order valence-corrected chi connectivity index (χ3v) is 10.7. The quantitative estimate of drug-likeness (QED) is 0.317. The lowest BCUT2D eigenvalue weighted by atomic mass is 9.93. The Hall–Kier alpha value is -2.59. The molecular formula is C30H41FN2O5Si. The highest BCUT2D eigenvalue weighted by Crippen LogP contribution is 2.47. The normalized spacial score (nSPS) is 25.7. The van der Waals surface area contributed by atoms with Gasteiger partial charge in [-0.3, -0.25) is 9.59 Å². The molecule has 3 N–H and O–H groups in total. The molecule has 4 rings (SSSR count). The molecule has 1 fully saturated rings. The van der Waals surface area contributed by atoms with Crippen LogP contribution in [-0.2, 0) is 33.7 Å². The Morgan fingerprint density at radius 2 is 1.87 bits per heavy atom. The van der Waals surface area contributed by atoms with Crippen molar-refractivity contribution < 1.29 is 28.6 Å². The Morgan fingerprint density at radius 1 is 1.15 bits per heavy atom. The van der Waals surface area contributed by atoms with Crippen LogP contribution in [0, 0.1) is 5.92 Å². The Labute approximate surface area is 231 Å². The number of hydrogen-bond acceptors (Lipinski definition) is 5. The molecule has 9 heteroatoms. The summed E-state index contributed by atoms with van der Waals surface area (Å²) in [6, 6.07) is 15.1. The van der Waals surface area contributed by atoms with Gasteiger partial charge in [0.15, 0.2) is 0 Å². The van der Waals surface area contributed by atoms with E-state index in [4.69, 9.17) is 4.74 Å². The van der Waals surface area contributed by atoms with Crippen molar-refractivity contribution in [3.8, 4) is 0 Å². The minimum absolute atomic E-state index is 0.0386. The van der Waals surface area contributed by atoms with Crippen molar-refractivity contribution in [2.45, 2.75) is 89.1 Å². The number of benzene rings is 2. The van der Waals surface area contributed by atoms with Crippen LogP contribution in [0.1, 0.15) is 43.4 Å². The molecule has 7 nitrogen and oxygen atoms in total. The highest BCUT2D eigenvalue weighted by molar-refractivity contribution is 6.72. The first-order valence-electron chi connectivity index (χ1n) is 13.9. The molecule has 0 radical (unpaired) electrons. The lowest BCUT2D eigenvalue weighted by Crippen LogP contribution is -2.48. The fraction of sp³-hybridized carbons (Fsp3) is 0.533. The van der Waals surface area contributed by atoms with Crippen LogP contribution in [0.2, 0.25) is 18.6 Å². The smallest absolute Gasteiger partial charge is 0.252 e. The van der Waals surface area contributed by atoms with Crippen LogP contribution in [0.5, 0.6) is 0 Å². The predicted octanol–water partition coefficient (Wildman–Crippen LogP) is 4.22. The zero-order chi connectivity index (χ0) is 28.3. The number of carbonyl (C=O) groups excluding carboxylic acids is 2. The molecule has 6 atom stereocenters. The standard InChI is InChI=1S/C30H41FN2O5Si/c1-19-26(13-12-21-8-7-11-24(14-21)32-30(37)20(2)35)38-27(29(19)39(3,4)31)16-28(36)33-17-23-10-6-5-9-22(23)15-25(33)18-34/h5-11,14,19-20,25-27,29,34-35H,12-13,15-18H2,1-4H3,(H,32,37)/t19-,20+,25+,26+,27-,29+/m1/s1. The molecule has 0 aliphatic carbocycles. The molecule has 0 saturated carbocycles. The maximum atomic E-state index is 15.6. The van der Waals surface area contributed by atoms with Crippen LogP contribution >= 0.6 is 0 Å². The molecule has 0 unspecified atom stereocenters. The van der Waals surface area contributed by atoms with E-state index in [0.29, 0.717) is 31.5 Å². The van der Waals surface area contributed by atoms with Gasteiger partial charge in [-0.25, -0.2) is 0 Å². The summed E-state index contributed by atoms with van der Waals surface area (Å²) in [6.45, 7) is 7.16. The second-order valence-corrected chi connectivity index (χ2v) is 15.4. The van der Waals surface area contributed by atoms with E-state index in [1.165, 1.54) is 6.92 Å². The maximum Gasteiger partial charge on any atom is 0.252 e. The highest BCUT2D eigenvalue weighted by Gasteiger charge is 2.52. The first kappa shape index (κ1) is 29.4. The zero-order valence-electron chi connectivity index (χ0n) is 23.3. The number of anilines is 1. The van der Waals surface area contributed by atoms with E-state index in [-0.39, 0.29) is 42.5 Å². The maximum absolute atomic E-state index is 15.6. The van der Waals surface area contributed by atoms with Crippen LogP contribution < -0.4 is 5.32 Å². The van der Waals surface area contributed by atoms with Gasteiger partial charge in [0.25, 0.3) is 5.91 Å². The average Bonchev–Trinajstić information content (AvgIpc) is 3.21. The highest BCUT2D eigenvalue weighted by atomic mass is 28.4. The molecule has 0 spiro atoms. The molecule has 2 aliphatic heterocycles. The second-order valence-electron chi connectivity index (χ2n) is 11.6. The van der Waals surface area contributed by atoms with Crippen molar-refractivity contribution in [3.63, 3.8) is 0 Å². The Kier molecular flexibility index (Phi) is 9.26. The number of fused-ring (bicyclic) bond motifs is 1. The fourth-order valence-corrected chi connectivity index (χ4v) is 8.81. The molecule has 2 amide bonds. The number of nitrogens with zero attached hydrogens (tertiary/aromatic N) is 1. The van der Waals surface area contributed by atoms with Gasteiger partial charge in [0.2, 0.25) is 14.3 Å². The van der Waals surface area contributed by atoms with Gasteiger partial charge in [-0.2, -0.15) is 0 Å². The van der Waals surface area contributed by atoms with Crippen LogP contribution in [-0.4, -0.2) is 66.3 Å². The van der Waals surface area contributed by atoms with Crippen LogP contribution in [0.3, 0.4) is 0 Å². The monoisotopic (exact) mass is 556 g/mol. The number of amides is 2. The number of nitrogens with one attached hydrogen (secondary N) is 1. The number of ether oxygens (including phenoxy) is 1. The summed E-state index contributed by atoms with van der Waals surface area (Å²) in [5, 5.41) is 22.2. The Morgan fingerprint density at radius 3 is 2.54 bits per heavy atom. The van der Waals surface area contributed by atoms with Crippen LogP contribution in [0.15, 0.2) is 48.5 Å². The molecule has 212 valence electrons. The van der Waals surface area contributed by atoms with E-state index < -0.39 is 26.5 Å². The number of aryl methyl sites for hydroxylation is 1. The summed E-state index contributed by atoms with van der Waals surface area (Å²) in [5.41, 5.74) is 3.53. The third kappa shape index (κ3) is 6.95. The van der Waals surface area contributed by atoms with Gasteiger partial charge in [0.05, 0.1) is 31.3 Å². The van der Waals surface area contributed by atoms with Gasteiger partial charge in [0.1, 0.15) is 6.10 Å². The van der Waals surface area contributed by atoms with Crippen molar-refractivity contribution >= 4 is 25.9 Å². The number of carbonyl (C=O) groups is 2. The number of halogens is 1. The average molecular weight is 557 g/mol. The summed E-state index contributed by atoms with van der Waals surface area (Å²) in [5.74, 6) is -0.611. The Balaban J connectivity index is 1.44. The number of aliphatic hydroxyl groups excluding tert-OH is 2. The summed E-state index contributed by atoms with van der Waals surface area (Å²) >= 11 is 0. The van der Waals surface area contributed by atoms with E-state index in [1.54, 1.807) is 24.1 Å².